The number of aromatic nitrogens is 2. The second-order valence-electron chi connectivity index (χ2n) is 6.77. The topological polar surface area (TPSA) is 84.3 Å². The minimum Gasteiger partial charge on any atom is -0.490 e. The Morgan fingerprint density at radius 3 is 2.89 bits per heavy atom. The van der Waals surface area contributed by atoms with Gasteiger partial charge in [0.15, 0.2) is 5.13 Å². The predicted molar refractivity (Wildman–Crippen MR) is 109 cm³/mol. The Kier molecular flexibility index (Phi) is 7.09. The van der Waals surface area contributed by atoms with E-state index in [-0.39, 0.29) is 30.3 Å². The van der Waals surface area contributed by atoms with Crippen molar-refractivity contribution in [2.75, 3.05) is 11.9 Å². The number of carbonyl (C=O) groups excluding carboxylic acids is 1. The van der Waals surface area contributed by atoms with Crippen molar-refractivity contribution < 1.29 is 14.6 Å². The van der Waals surface area contributed by atoms with Gasteiger partial charge in [0.25, 0.3) is 0 Å². The van der Waals surface area contributed by atoms with E-state index in [2.05, 4.69) is 15.3 Å². The molecule has 2 aromatic heterocycles. The molecule has 0 bridgehead atoms. The quantitative estimate of drug-likeness (QED) is 0.647. The van der Waals surface area contributed by atoms with Gasteiger partial charge >= 0.3 is 0 Å². The molecule has 2 heterocycles. The third-order valence-electron chi connectivity index (χ3n) is 4.22. The number of nitrogens with zero attached hydrogens (tertiary/aromatic N) is 2. The Hall–Kier alpha value is -1.64. The number of amides is 1. The zero-order valence-corrected chi connectivity index (χ0v) is 17.2. The summed E-state index contributed by atoms with van der Waals surface area (Å²) < 4.78 is 6.12. The Labute approximate surface area is 167 Å². The minimum atomic E-state index is -0.152. The third kappa shape index (κ3) is 6.19. The molecular weight excluding hydrogens is 382 g/mol. The predicted octanol–water partition coefficient (Wildman–Crippen LogP) is 3.82. The fourth-order valence-electron chi connectivity index (χ4n) is 2.94. The van der Waals surface area contributed by atoms with Crippen LogP contribution in [-0.2, 0) is 11.2 Å². The van der Waals surface area contributed by atoms with Gasteiger partial charge in [-0.2, -0.15) is 0 Å². The summed E-state index contributed by atoms with van der Waals surface area (Å²) in [6.07, 6.45) is 6.65. The van der Waals surface area contributed by atoms with E-state index in [9.17, 15) is 9.90 Å². The largest absolute Gasteiger partial charge is 0.490 e. The molecule has 2 N–H and O–H groups in total. The first-order valence-electron chi connectivity index (χ1n) is 9.19. The van der Waals surface area contributed by atoms with Crippen LogP contribution in [0.5, 0.6) is 5.75 Å². The van der Waals surface area contributed by atoms with Crippen molar-refractivity contribution in [1.29, 1.82) is 0 Å². The van der Waals surface area contributed by atoms with Crippen molar-refractivity contribution in [2.45, 2.75) is 62.3 Å². The summed E-state index contributed by atoms with van der Waals surface area (Å²) >= 11 is 2.93. The molecule has 8 heteroatoms. The zero-order valence-electron chi connectivity index (χ0n) is 15.6. The van der Waals surface area contributed by atoms with Crippen molar-refractivity contribution in [3.8, 4) is 5.75 Å². The summed E-state index contributed by atoms with van der Waals surface area (Å²) in [5, 5.41) is 13.5. The molecule has 0 aromatic carbocycles. The van der Waals surface area contributed by atoms with Crippen molar-refractivity contribution in [1.82, 2.24) is 9.97 Å². The Bertz CT molecular complexity index is 775. The van der Waals surface area contributed by atoms with Gasteiger partial charge in [-0.15, -0.1) is 23.1 Å². The maximum atomic E-state index is 12.4. The molecule has 1 fully saturated rings. The average Bonchev–Trinajstić information content (AvgIpc) is 3.26. The molecule has 1 amide bonds. The number of pyridine rings is 1. The van der Waals surface area contributed by atoms with E-state index in [1.807, 2.05) is 26.0 Å². The van der Waals surface area contributed by atoms with Crippen LogP contribution in [0.4, 0.5) is 5.13 Å². The number of aliphatic hydroxyl groups excluding tert-OH is 1. The van der Waals surface area contributed by atoms with Gasteiger partial charge in [0, 0.05) is 28.5 Å². The van der Waals surface area contributed by atoms with E-state index in [1.54, 1.807) is 6.20 Å². The van der Waals surface area contributed by atoms with Gasteiger partial charge < -0.3 is 15.2 Å². The fraction of sp³-hybridized carbons (Fsp3) is 0.526. The normalized spacial score (nSPS) is 15.7. The van der Waals surface area contributed by atoms with E-state index < -0.39 is 0 Å². The smallest absolute Gasteiger partial charge is 0.232 e. The van der Waals surface area contributed by atoms with Crippen LogP contribution in [-0.4, -0.2) is 38.9 Å². The maximum Gasteiger partial charge on any atom is 0.232 e. The molecule has 1 aliphatic rings. The number of thiazole rings is 1. The number of aryl methyl sites for hydroxylation is 1. The summed E-state index contributed by atoms with van der Waals surface area (Å²) in [7, 11) is 0. The summed E-state index contributed by atoms with van der Waals surface area (Å²) in [5.41, 5.74) is 0.656. The molecule has 1 aliphatic carbocycles. The highest BCUT2D eigenvalue weighted by molar-refractivity contribution is 7.99. The van der Waals surface area contributed by atoms with Gasteiger partial charge in [-0.25, -0.2) is 9.97 Å². The van der Waals surface area contributed by atoms with Gasteiger partial charge in [0.2, 0.25) is 5.91 Å². The maximum absolute atomic E-state index is 12.4. The Morgan fingerprint density at radius 1 is 1.44 bits per heavy atom. The SMILES string of the molecule is Cc1cnc(NC(=O)Cc2cc(OC3CCCC3)cc(S[C@@H](C)CO)n2)s1. The summed E-state index contributed by atoms with van der Waals surface area (Å²) in [6.45, 7) is 3.96. The van der Waals surface area contributed by atoms with Gasteiger partial charge in [-0.3, -0.25) is 4.79 Å². The van der Waals surface area contributed by atoms with Crippen LogP contribution in [0.1, 0.15) is 43.2 Å². The van der Waals surface area contributed by atoms with E-state index in [0.717, 1.165) is 28.5 Å². The molecule has 3 rings (SSSR count). The van der Waals surface area contributed by atoms with Crippen LogP contribution in [0.2, 0.25) is 0 Å². The molecular formula is C19H25N3O3S2. The Morgan fingerprint density at radius 2 is 2.22 bits per heavy atom. The fourth-order valence-corrected chi connectivity index (χ4v) is 4.46. The first-order chi connectivity index (χ1) is 13.0. The van der Waals surface area contributed by atoms with Crippen LogP contribution in [0.15, 0.2) is 23.4 Å². The summed E-state index contributed by atoms with van der Waals surface area (Å²) in [4.78, 5) is 22.2. The van der Waals surface area contributed by atoms with Gasteiger partial charge in [0.1, 0.15) is 10.8 Å². The lowest BCUT2D eigenvalue weighted by atomic mass is 10.2. The molecule has 0 aliphatic heterocycles. The molecule has 2 aromatic rings. The number of carbonyl (C=O) groups is 1. The van der Waals surface area contributed by atoms with Crippen LogP contribution < -0.4 is 10.1 Å². The lowest BCUT2D eigenvalue weighted by Crippen LogP contribution is -2.16. The van der Waals surface area contributed by atoms with Crippen molar-refractivity contribution in [3.05, 3.63) is 28.9 Å². The molecule has 27 heavy (non-hydrogen) atoms. The molecule has 0 radical (unpaired) electrons. The highest BCUT2D eigenvalue weighted by atomic mass is 32.2. The van der Waals surface area contributed by atoms with E-state index in [0.29, 0.717) is 10.8 Å². The third-order valence-corrected chi connectivity index (χ3v) is 6.05. The number of ether oxygens (including phenoxy) is 1. The monoisotopic (exact) mass is 407 g/mol. The van der Waals surface area contributed by atoms with Gasteiger partial charge in [-0.05, 0) is 32.6 Å². The minimum absolute atomic E-state index is 0.0270. The molecule has 1 saturated carbocycles. The van der Waals surface area contributed by atoms with E-state index in [4.69, 9.17) is 4.74 Å². The standard InChI is InChI=1S/C19H25N3O3S2/c1-12-10-20-19(27-12)22-17(24)8-14-7-16(25-15-5-3-4-6-15)9-18(21-14)26-13(2)11-23/h7,9-10,13,15,23H,3-6,8,11H2,1-2H3,(H,20,22,24)/t13-/m0/s1. The molecule has 1 atom stereocenters. The second-order valence-corrected chi connectivity index (χ2v) is 9.46. The number of aliphatic hydroxyl groups is 1. The lowest BCUT2D eigenvalue weighted by Gasteiger charge is -2.16. The number of thioether (sulfide) groups is 1. The number of rotatable bonds is 8. The van der Waals surface area contributed by atoms with Crippen LogP contribution in [0, 0.1) is 6.92 Å². The highest BCUT2D eigenvalue weighted by Gasteiger charge is 2.18. The Balaban J connectivity index is 1.72. The molecule has 0 spiro atoms. The van der Waals surface area contributed by atoms with Crippen molar-refractivity contribution in [2.24, 2.45) is 0 Å². The molecule has 6 nitrogen and oxygen atoms in total. The van der Waals surface area contributed by atoms with Gasteiger partial charge in [-0.1, -0.05) is 6.92 Å². The van der Waals surface area contributed by atoms with E-state index >= 15 is 0 Å². The lowest BCUT2D eigenvalue weighted by molar-refractivity contribution is -0.115. The van der Waals surface area contributed by atoms with Crippen LogP contribution in [0.25, 0.3) is 0 Å². The van der Waals surface area contributed by atoms with Crippen molar-refractivity contribution in [3.63, 3.8) is 0 Å². The van der Waals surface area contributed by atoms with Crippen LogP contribution >= 0.6 is 23.1 Å². The zero-order chi connectivity index (χ0) is 19.2. The highest BCUT2D eigenvalue weighted by Crippen LogP contribution is 2.29. The van der Waals surface area contributed by atoms with Crippen molar-refractivity contribution >= 4 is 34.1 Å². The molecule has 0 saturated heterocycles. The first-order valence-corrected chi connectivity index (χ1v) is 10.9. The van der Waals surface area contributed by atoms with Gasteiger partial charge in [0.05, 0.1) is 24.8 Å². The number of nitrogens with one attached hydrogen (secondary N) is 1. The number of anilines is 1. The summed E-state index contributed by atoms with van der Waals surface area (Å²) in [5.74, 6) is 0.596. The molecule has 0 unspecified atom stereocenters. The summed E-state index contributed by atoms with van der Waals surface area (Å²) in [6, 6.07) is 3.75. The van der Waals surface area contributed by atoms with Crippen LogP contribution in [0.3, 0.4) is 0 Å². The second kappa shape index (κ2) is 9.52. The van der Waals surface area contributed by atoms with E-state index in [1.165, 1.54) is 35.9 Å². The first kappa shape index (κ1) is 20.1. The number of hydrogen-bond acceptors (Lipinski definition) is 7. The number of hydrogen-bond donors (Lipinski definition) is 2. The molecule has 146 valence electrons. The average molecular weight is 408 g/mol.